The summed E-state index contributed by atoms with van der Waals surface area (Å²) in [5, 5.41) is 31.3. The van der Waals surface area contributed by atoms with Gasteiger partial charge < -0.3 is 24.6 Å². The van der Waals surface area contributed by atoms with Crippen LogP contribution in [0.15, 0.2) is 12.2 Å². The Labute approximate surface area is 225 Å². The summed E-state index contributed by atoms with van der Waals surface area (Å²) < 4.78 is 0.198. The van der Waals surface area contributed by atoms with Gasteiger partial charge in [0.2, 0.25) is 0 Å². The van der Waals surface area contributed by atoms with E-state index in [1.807, 2.05) is 13.8 Å². The van der Waals surface area contributed by atoms with Crippen molar-refractivity contribution >= 4 is 17.9 Å². The first-order valence-corrected chi connectivity index (χ1v) is 14.8. The van der Waals surface area contributed by atoms with Crippen molar-refractivity contribution in [3.8, 4) is 0 Å². The zero-order valence-corrected chi connectivity index (χ0v) is 24.1. The summed E-state index contributed by atoms with van der Waals surface area (Å²) in [4.78, 5) is 35.6. The van der Waals surface area contributed by atoms with Crippen LogP contribution >= 0.6 is 0 Å². The van der Waals surface area contributed by atoms with Gasteiger partial charge in [-0.2, -0.15) is 0 Å². The summed E-state index contributed by atoms with van der Waals surface area (Å²) in [5.74, 6) is -5.00. The lowest BCUT2D eigenvalue weighted by Gasteiger charge is -2.44. The molecule has 37 heavy (non-hydrogen) atoms. The van der Waals surface area contributed by atoms with E-state index in [4.69, 9.17) is 0 Å². The van der Waals surface area contributed by atoms with Gasteiger partial charge >= 0.3 is 11.9 Å². The highest BCUT2D eigenvalue weighted by molar-refractivity contribution is 5.70. The predicted molar refractivity (Wildman–Crippen MR) is 147 cm³/mol. The van der Waals surface area contributed by atoms with E-state index in [0.29, 0.717) is 25.8 Å². The van der Waals surface area contributed by atoms with Gasteiger partial charge in [-0.25, -0.2) is 0 Å². The number of rotatable bonds is 25. The van der Waals surface area contributed by atoms with Gasteiger partial charge in [-0.1, -0.05) is 78.4 Å². The molecule has 0 radical (unpaired) electrons. The highest BCUT2D eigenvalue weighted by Crippen LogP contribution is 2.25. The molecule has 216 valence electrons. The van der Waals surface area contributed by atoms with Crippen molar-refractivity contribution in [1.29, 1.82) is 0 Å². The third kappa shape index (κ3) is 15.8. The summed E-state index contributed by atoms with van der Waals surface area (Å²) in [6, 6.07) is 0. The highest BCUT2D eigenvalue weighted by atomic mass is 16.4. The molecule has 0 aromatic carbocycles. The van der Waals surface area contributed by atoms with Crippen LogP contribution < -0.4 is 5.11 Å². The molecule has 0 aromatic rings. The molecule has 0 amide bonds. The summed E-state index contributed by atoms with van der Waals surface area (Å²) in [6.45, 7) is 8.91. The number of carboxylic acids is 3. The molecule has 0 rings (SSSR count). The predicted octanol–water partition coefficient (Wildman–Crippen LogP) is 5.67. The Morgan fingerprint density at radius 2 is 1.05 bits per heavy atom. The second kappa shape index (κ2) is 21.1. The molecule has 0 saturated heterocycles. The van der Waals surface area contributed by atoms with Crippen LogP contribution in [-0.4, -0.2) is 58.8 Å². The van der Waals surface area contributed by atoms with Crippen molar-refractivity contribution < 1.29 is 34.2 Å². The number of quaternary nitrogens is 1. The average molecular weight is 526 g/mol. The van der Waals surface area contributed by atoms with Gasteiger partial charge in [-0.3, -0.25) is 9.59 Å². The Kier molecular flexibility index (Phi) is 20.0. The lowest BCUT2D eigenvalue weighted by atomic mass is 9.95. The number of hydrogen-bond donors (Lipinski definition) is 2. The van der Waals surface area contributed by atoms with Crippen LogP contribution in [0.5, 0.6) is 0 Å². The summed E-state index contributed by atoms with van der Waals surface area (Å²) >= 11 is 0. The summed E-state index contributed by atoms with van der Waals surface area (Å²) in [6.07, 6.45) is 18.4. The molecular weight excluding hydrogens is 470 g/mol. The molecule has 0 aliphatic carbocycles. The minimum absolute atomic E-state index is 0.198. The SMILES string of the molecule is CCCCCCCCC/C=C/CCCC[N+](CC(CC)C(=O)[O-])(CC(CC)C(=O)O)CC(CC)C(=O)O. The third-order valence-electron chi connectivity index (χ3n) is 7.73. The number of hydrogen-bond acceptors (Lipinski definition) is 4. The van der Waals surface area contributed by atoms with Gasteiger partial charge in [0.25, 0.3) is 0 Å². The van der Waals surface area contributed by atoms with Gasteiger partial charge in [-0.05, 0) is 51.4 Å². The maximum atomic E-state index is 11.9. The zero-order chi connectivity index (χ0) is 28.1. The Balaban J connectivity index is 5.21. The molecule has 0 bridgehead atoms. The van der Waals surface area contributed by atoms with Crippen molar-refractivity contribution in [3.05, 3.63) is 12.2 Å². The molecular formula is C30H55NO6. The lowest BCUT2D eigenvalue weighted by molar-refractivity contribution is -0.935. The lowest BCUT2D eigenvalue weighted by Crippen LogP contribution is -2.59. The second-order valence-electron chi connectivity index (χ2n) is 10.8. The molecule has 2 N–H and O–H groups in total. The second-order valence-corrected chi connectivity index (χ2v) is 10.8. The fraction of sp³-hybridized carbons (Fsp3) is 0.833. The number of unbranched alkanes of at least 4 members (excludes halogenated alkanes) is 9. The Morgan fingerprint density at radius 3 is 1.46 bits per heavy atom. The van der Waals surface area contributed by atoms with E-state index in [1.165, 1.54) is 44.9 Å². The summed E-state index contributed by atoms with van der Waals surface area (Å²) in [5.41, 5.74) is 0. The molecule has 3 unspecified atom stereocenters. The number of allylic oxidation sites excluding steroid dienone is 2. The van der Waals surface area contributed by atoms with E-state index in [9.17, 15) is 29.7 Å². The molecule has 3 atom stereocenters. The number of nitrogens with zero attached hydrogens (tertiary/aromatic N) is 1. The quantitative estimate of drug-likeness (QED) is 0.0902. The maximum Gasteiger partial charge on any atom is 0.312 e. The van der Waals surface area contributed by atoms with Crippen LogP contribution in [0.2, 0.25) is 0 Å². The van der Waals surface area contributed by atoms with Crippen LogP contribution in [0.4, 0.5) is 0 Å². The first kappa shape index (κ1) is 35.1. The van der Waals surface area contributed by atoms with E-state index in [1.54, 1.807) is 6.92 Å². The number of carbonyl (C=O) groups is 3. The van der Waals surface area contributed by atoms with Gasteiger partial charge in [0.1, 0.15) is 11.8 Å². The number of carboxylic acid groups (broad SMARTS) is 3. The average Bonchev–Trinajstić information content (AvgIpc) is 2.86. The van der Waals surface area contributed by atoms with E-state index in [2.05, 4.69) is 19.1 Å². The van der Waals surface area contributed by atoms with Crippen molar-refractivity contribution in [1.82, 2.24) is 0 Å². The maximum absolute atomic E-state index is 11.9. The van der Waals surface area contributed by atoms with Gasteiger partial charge in [-0.15, -0.1) is 0 Å². The molecule has 0 spiro atoms. The zero-order valence-electron chi connectivity index (χ0n) is 24.1. The smallest absolute Gasteiger partial charge is 0.312 e. The van der Waals surface area contributed by atoms with Gasteiger partial charge in [0.05, 0.1) is 32.1 Å². The Bertz CT molecular complexity index is 603. The fourth-order valence-electron chi connectivity index (χ4n) is 5.20. The summed E-state index contributed by atoms with van der Waals surface area (Å²) in [7, 11) is 0. The van der Waals surface area contributed by atoms with Gasteiger partial charge in [0.15, 0.2) is 0 Å². The van der Waals surface area contributed by atoms with E-state index in [0.717, 1.165) is 25.7 Å². The van der Waals surface area contributed by atoms with Crippen LogP contribution in [0.25, 0.3) is 0 Å². The fourth-order valence-corrected chi connectivity index (χ4v) is 5.20. The Morgan fingerprint density at radius 1 is 0.649 bits per heavy atom. The van der Waals surface area contributed by atoms with Crippen molar-refractivity contribution in [2.75, 3.05) is 26.2 Å². The van der Waals surface area contributed by atoms with Crippen molar-refractivity contribution in [2.45, 2.75) is 118 Å². The van der Waals surface area contributed by atoms with E-state index < -0.39 is 35.7 Å². The van der Waals surface area contributed by atoms with Crippen LogP contribution in [0.1, 0.15) is 118 Å². The van der Waals surface area contributed by atoms with Crippen LogP contribution in [0.3, 0.4) is 0 Å². The van der Waals surface area contributed by atoms with Crippen LogP contribution in [-0.2, 0) is 14.4 Å². The molecule has 0 heterocycles. The largest absolute Gasteiger partial charge is 0.550 e. The first-order chi connectivity index (χ1) is 17.7. The molecule has 7 nitrogen and oxygen atoms in total. The minimum atomic E-state index is -1.15. The Hall–Kier alpha value is -1.89. The molecule has 0 fully saturated rings. The molecule has 0 aliphatic rings. The first-order valence-electron chi connectivity index (χ1n) is 14.8. The topological polar surface area (TPSA) is 115 Å². The number of carbonyl (C=O) groups excluding carboxylic acids is 1. The standard InChI is InChI=1S/C30H55NO6/c1-5-9-10-11-12-13-14-15-16-17-18-19-20-21-31(22-25(6-2)28(32)33,23-26(7-3)29(34)35)24-27(8-4)30(36)37/h16-17,25-27H,5-15,18-24H2,1-4H3,(H2-,32,33,34,35,36,37)/b17-16+. The monoisotopic (exact) mass is 525 g/mol. The molecule has 0 aromatic heterocycles. The minimum Gasteiger partial charge on any atom is -0.550 e. The van der Waals surface area contributed by atoms with E-state index >= 15 is 0 Å². The van der Waals surface area contributed by atoms with Crippen LogP contribution in [0, 0.1) is 17.8 Å². The van der Waals surface area contributed by atoms with Crippen molar-refractivity contribution in [2.24, 2.45) is 17.8 Å². The molecule has 7 heteroatoms. The van der Waals surface area contributed by atoms with Gasteiger partial charge in [0, 0.05) is 5.92 Å². The normalized spacial score (nSPS) is 15.8. The van der Waals surface area contributed by atoms with E-state index in [-0.39, 0.29) is 24.1 Å². The molecule has 0 aliphatic heterocycles. The highest BCUT2D eigenvalue weighted by Gasteiger charge is 2.39. The van der Waals surface area contributed by atoms with Crippen molar-refractivity contribution in [3.63, 3.8) is 0 Å². The third-order valence-corrected chi connectivity index (χ3v) is 7.73. The number of aliphatic carboxylic acids is 3. The molecule has 0 saturated carbocycles.